The van der Waals surface area contributed by atoms with Gasteiger partial charge in [-0.2, -0.15) is 0 Å². The molecule has 0 atom stereocenters. The van der Waals surface area contributed by atoms with Crippen LogP contribution in [0.1, 0.15) is 13.3 Å². The zero-order valence-electron chi connectivity index (χ0n) is 8.31. The molecule has 0 unspecified atom stereocenters. The summed E-state index contributed by atoms with van der Waals surface area (Å²) in [6, 6.07) is 10.0. The van der Waals surface area contributed by atoms with Crippen LogP contribution < -0.4 is 5.01 Å². The maximum atomic E-state index is 11.5. The first-order chi connectivity index (χ1) is 6.83. The van der Waals surface area contributed by atoms with Gasteiger partial charge in [-0.1, -0.05) is 18.2 Å². The molecule has 2 rings (SSSR count). The van der Waals surface area contributed by atoms with Crippen molar-refractivity contribution in [1.82, 2.24) is 5.01 Å². The summed E-state index contributed by atoms with van der Waals surface area (Å²) in [7, 11) is 0. The topological polar surface area (TPSA) is 23.6 Å². The van der Waals surface area contributed by atoms with Gasteiger partial charge in [-0.3, -0.25) is 14.8 Å². The number of carbonyl (C=O) groups excluding carboxylic acids is 1. The molecule has 1 aliphatic heterocycles. The van der Waals surface area contributed by atoms with Crippen LogP contribution in [0.4, 0.5) is 5.69 Å². The van der Waals surface area contributed by atoms with Crippen LogP contribution in [0.3, 0.4) is 0 Å². The van der Waals surface area contributed by atoms with Crippen molar-refractivity contribution in [3.63, 3.8) is 0 Å². The van der Waals surface area contributed by atoms with Crippen LogP contribution in [-0.4, -0.2) is 24.0 Å². The Morgan fingerprint density at radius 1 is 1.29 bits per heavy atom. The maximum Gasteiger partial charge on any atom is 0.242 e. The van der Waals surface area contributed by atoms with E-state index in [4.69, 9.17) is 0 Å². The Hall–Kier alpha value is -1.51. The molecule has 0 saturated carbocycles. The van der Waals surface area contributed by atoms with E-state index in [2.05, 4.69) is 0 Å². The van der Waals surface area contributed by atoms with Gasteiger partial charge >= 0.3 is 0 Å². The molecule has 0 radical (unpaired) electrons. The number of rotatable bonds is 2. The first kappa shape index (κ1) is 9.06. The van der Waals surface area contributed by atoms with Crippen molar-refractivity contribution in [3.05, 3.63) is 30.3 Å². The van der Waals surface area contributed by atoms with Gasteiger partial charge in [-0.15, -0.1) is 0 Å². The third-order valence-electron chi connectivity index (χ3n) is 2.47. The lowest BCUT2D eigenvalue weighted by molar-refractivity contribution is -0.127. The van der Waals surface area contributed by atoms with Crippen LogP contribution in [0.25, 0.3) is 0 Å². The highest BCUT2D eigenvalue weighted by molar-refractivity contribution is 5.81. The summed E-state index contributed by atoms with van der Waals surface area (Å²) in [5.74, 6) is 0.219. The number of para-hydroxylation sites is 1. The second kappa shape index (κ2) is 3.70. The van der Waals surface area contributed by atoms with E-state index >= 15 is 0 Å². The van der Waals surface area contributed by atoms with Gasteiger partial charge in [0.2, 0.25) is 5.91 Å². The first-order valence-electron chi connectivity index (χ1n) is 4.96. The highest BCUT2D eigenvalue weighted by Gasteiger charge is 2.27. The highest BCUT2D eigenvalue weighted by Crippen LogP contribution is 2.21. The standard InChI is InChI=1S/C11H14N2O/c1-2-12-11(14)8-9-13(12)10-6-4-3-5-7-10/h3-7H,2,8-9H2,1H3. The van der Waals surface area contributed by atoms with Crippen LogP contribution >= 0.6 is 0 Å². The molecule has 0 aromatic heterocycles. The van der Waals surface area contributed by atoms with Crippen molar-refractivity contribution in [2.24, 2.45) is 0 Å². The minimum atomic E-state index is 0.219. The second-order valence-electron chi connectivity index (χ2n) is 3.32. The van der Waals surface area contributed by atoms with Gasteiger partial charge in [0.1, 0.15) is 0 Å². The van der Waals surface area contributed by atoms with Crippen LogP contribution in [0.5, 0.6) is 0 Å². The molecule has 0 aliphatic carbocycles. The average molecular weight is 190 g/mol. The smallest absolute Gasteiger partial charge is 0.242 e. The third-order valence-corrected chi connectivity index (χ3v) is 2.47. The molecule has 3 heteroatoms. The zero-order valence-corrected chi connectivity index (χ0v) is 8.31. The first-order valence-corrected chi connectivity index (χ1v) is 4.96. The number of amides is 1. The van der Waals surface area contributed by atoms with E-state index in [0.29, 0.717) is 6.42 Å². The fraction of sp³-hybridized carbons (Fsp3) is 0.364. The van der Waals surface area contributed by atoms with Crippen LogP contribution in [0.2, 0.25) is 0 Å². The Morgan fingerprint density at radius 2 is 2.00 bits per heavy atom. The van der Waals surface area contributed by atoms with Gasteiger partial charge in [-0.25, -0.2) is 0 Å². The van der Waals surface area contributed by atoms with Gasteiger partial charge in [0, 0.05) is 19.5 Å². The molecule has 1 heterocycles. The Balaban J connectivity index is 2.23. The molecule has 74 valence electrons. The van der Waals surface area contributed by atoms with E-state index in [9.17, 15) is 4.79 Å². The van der Waals surface area contributed by atoms with Crippen molar-refractivity contribution in [2.75, 3.05) is 18.1 Å². The van der Waals surface area contributed by atoms with E-state index in [1.807, 2.05) is 42.3 Å². The molecule has 1 saturated heterocycles. The summed E-state index contributed by atoms with van der Waals surface area (Å²) < 4.78 is 0. The molecule has 3 nitrogen and oxygen atoms in total. The van der Waals surface area contributed by atoms with Gasteiger partial charge in [-0.05, 0) is 19.1 Å². The largest absolute Gasteiger partial charge is 0.283 e. The minimum absolute atomic E-state index is 0.219. The van der Waals surface area contributed by atoms with Crippen molar-refractivity contribution in [2.45, 2.75) is 13.3 Å². The second-order valence-corrected chi connectivity index (χ2v) is 3.32. The van der Waals surface area contributed by atoms with Crippen molar-refractivity contribution in [3.8, 4) is 0 Å². The monoisotopic (exact) mass is 190 g/mol. The molecule has 1 fully saturated rings. The predicted molar refractivity (Wildman–Crippen MR) is 55.8 cm³/mol. The number of carbonyl (C=O) groups is 1. The number of anilines is 1. The van der Waals surface area contributed by atoms with E-state index in [0.717, 1.165) is 18.8 Å². The van der Waals surface area contributed by atoms with Gasteiger partial charge in [0.25, 0.3) is 0 Å². The van der Waals surface area contributed by atoms with Crippen molar-refractivity contribution < 1.29 is 4.79 Å². The van der Waals surface area contributed by atoms with E-state index < -0.39 is 0 Å². The molecule has 1 amide bonds. The summed E-state index contributed by atoms with van der Waals surface area (Å²) in [6.07, 6.45) is 0.628. The molecule has 0 bridgehead atoms. The predicted octanol–water partition coefficient (Wildman–Crippen LogP) is 1.66. The van der Waals surface area contributed by atoms with Crippen LogP contribution in [-0.2, 0) is 4.79 Å². The molecular weight excluding hydrogens is 176 g/mol. The third kappa shape index (κ3) is 1.45. The Kier molecular flexibility index (Phi) is 2.39. The molecule has 1 aliphatic rings. The molecular formula is C11H14N2O. The SMILES string of the molecule is CCN1C(=O)CCN1c1ccccc1. The van der Waals surface area contributed by atoms with Gasteiger partial charge < -0.3 is 0 Å². The highest BCUT2D eigenvalue weighted by atomic mass is 16.2. The Morgan fingerprint density at radius 3 is 2.64 bits per heavy atom. The molecule has 14 heavy (non-hydrogen) atoms. The average Bonchev–Trinajstić information content (AvgIpc) is 2.61. The number of benzene rings is 1. The number of hydrogen-bond donors (Lipinski definition) is 0. The fourth-order valence-electron chi connectivity index (χ4n) is 1.80. The fourth-order valence-corrected chi connectivity index (χ4v) is 1.80. The minimum Gasteiger partial charge on any atom is -0.283 e. The van der Waals surface area contributed by atoms with Crippen LogP contribution in [0.15, 0.2) is 30.3 Å². The van der Waals surface area contributed by atoms with Gasteiger partial charge in [0.15, 0.2) is 0 Å². The van der Waals surface area contributed by atoms with E-state index in [1.54, 1.807) is 5.01 Å². The van der Waals surface area contributed by atoms with E-state index in [1.165, 1.54) is 0 Å². The number of hydrogen-bond acceptors (Lipinski definition) is 2. The molecule has 0 N–H and O–H groups in total. The number of nitrogens with zero attached hydrogens (tertiary/aromatic N) is 2. The quantitative estimate of drug-likeness (QED) is 0.708. The Bertz CT molecular complexity index is 323. The summed E-state index contributed by atoms with van der Waals surface area (Å²) in [6.45, 7) is 3.55. The summed E-state index contributed by atoms with van der Waals surface area (Å²) in [5, 5.41) is 3.84. The lowest BCUT2D eigenvalue weighted by Gasteiger charge is -2.28. The Labute approximate surface area is 83.9 Å². The van der Waals surface area contributed by atoms with E-state index in [-0.39, 0.29) is 5.91 Å². The maximum absolute atomic E-state index is 11.5. The number of hydrazine groups is 1. The zero-order chi connectivity index (χ0) is 9.97. The molecule has 0 spiro atoms. The summed E-state index contributed by atoms with van der Waals surface area (Å²) in [4.78, 5) is 11.5. The normalized spacial score (nSPS) is 16.5. The summed E-state index contributed by atoms with van der Waals surface area (Å²) >= 11 is 0. The lowest BCUT2D eigenvalue weighted by atomic mass is 10.3. The van der Waals surface area contributed by atoms with Crippen molar-refractivity contribution >= 4 is 11.6 Å². The summed E-state index contributed by atoms with van der Waals surface area (Å²) in [5.41, 5.74) is 1.10. The molecule has 1 aromatic carbocycles. The van der Waals surface area contributed by atoms with Crippen LogP contribution in [0, 0.1) is 0 Å². The molecule has 1 aromatic rings. The lowest BCUT2D eigenvalue weighted by Crippen LogP contribution is -2.38. The van der Waals surface area contributed by atoms with Gasteiger partial charge in [0.05, 0.1) is 5.69 Å². The van der Waals surface area contributed by atoms with Crippen molar-refractivity contribution in [1.29, 1.82) is 0 Å².